The number of pyridine rings is 1. The number of aromatic nitrogens is 1. The van der Waals surface area contributed by atoms with Gasteiger partial charge in [0.2, 0.25) is 5.91 Å². The molecule has 1 fully saturated rings. The van der Waals surface area contributed by atoms with E-state index in [-0.39, 0.29) is 5.91 Å². The summed E-state index contributed by atoms with van der Waals surface area (Å²) in [4.78, 5) is 16.6. The molecule has 0 unspecified atom stereocenters. The molecule has 3 rings (SSSR count). The first-order chi connectivity index (χ1) is 11.7. The van der Waals surface area contributed by atoms with Gasteiger partial charge in [-0.2, -0.15) is 4.73 Å². The highest BCUT2D eigenvalue weighted by atomic mass is 32.2. The van der Waals surface area contributed by atoms with Crippen LogP contribution in [-0.4, -0.2) is 47.6 Å². The van der Waals surface area contributed by atoms with Gasteiger partial charge in [0.15, 0.2) is 6.20 Å². The van der Waals surface area contributed by atoms with Gasteiger partial charge in [-0.1, -0.05) is 30.3 Å². The minimum atomic E-state index is 0.100. The Bertz CT molecular complexity index is 673. The third-order valence-corrected chi connectivity index (χ3v) is 5.11. The molecule has 0 N–H and O–H groups in total. The lowest BCUT2D eigenvalue weighted by atomic mass is 10.2. The third kappa shape index (κ3) is 4.49. The topological polar surface area (TPSA) is 50.5 Å². The van der Waals surface area contributed by atoms with E-state index < -0.39 is 0 Å². The number of piperazine rings is 1. The van der Waals surface area contributed by atoms with Gasteiger partial charge in [0.05, 0.1) is 5.75 Å². The minimum absolute atomic E-state index is 0.100. The van der Waals surface area contributed by atoms with Crippen LogP contribution in [0.1, 0.15) is 5.56 Å². The summed E-state index contributed by atoms with van der Waals surface area (Å²) in [7, 11) is 0. The summed E-state index contributed by atoms with van der Waals surface area (Å²) in [5.41, 5.74) is 1.30. The number of carbonyl (C=O) groups is 1. The van der Waals surface area contributed by atoms with Gasteiger partial charge < -0.3 is 10.1 Å². The van der Waals surface area contributed by atoms with Gasteiger partial charge in [0, 0.05) is 44.9 Å². The smallest absolute Gasteiger partial charge is 0.251 e. The largest absolute Gasteiger partial charge is 0.618 e. The predicted molar refractivity (Wildman–Crippen MR) is 94.4 cm³/mol. The van der Waals surface area contributed by atoms with E-state index in [9.17, 15) is 10.0 Å². The van der Waals surface area contributed by atoms with E-state index in [2.05, 4.69) is 29.2 Å². The fourth-order valence-corrected chi connectivity index (χ4v) is 3.57. The van der Waals surface area contributed by atoms with Gasteiger partial charge in [0.25, 0.3) is 5.03 Å². The van der Waals surface area contributed by atoms with E-state index in [1.54, 1.807) is 12.1 Å². The van der Waals surface area contributed by atoms with Crippen LogP contribution in [0.2, 0.25) is 0 Å². The van der Waals surface area contributed by atoms with Crippen LogP contribution in [0.5, 0.6) is 0 Å². The van der Waals surface area contributed by atoms with Crippen molar-refractivity contribution >= 4 is 17.7 Å². The second kappa shape index (κ2) is 8.17. The third-order valence-electron chi connectivity index (χ3n) is 4.11. The van der Waals surface area contributed by atoms with Crippen molar-refractivity contribution in [1.29, 1.82) is 0 Å². The molecule has 6 heteroatoms. The average Bonchev–Trinajstić information content (AvgIpc) is 2.62. The molecule has 1 saturated heterocycles. The van der Waals surface area contributed by atoms with Crippen LogP contribution in [0.15, 0.2) is 59.8 Å². The molecule has 5 nitrogen and oxygen atoms in total. The van der Waals surface area contributed by atoms with Crippen LogP contribution in [0.4, 0.5) is 0 Å². The Labute approximate surface area is 146 Å². The molecule has 0 atom stereocenters. The molecule has 126 valence electrons. The van der Waals surface area contributed by atoms with Gasteiger partial charge in [0.1, 0.15) is 0 Å². The molecular formula is C18H21N3O2S. The van der Waals surface area contributed by atoms with E-state index in [4.69, 9.17) is 0 Å². The second-order valence-electron chi connectivity index (χ2n) is 5.80. The second-order valence-corrected chi connectivity index (χ2v) is 6.79. The van der Waals surface area contributed by atoms with E-state index >= 15 is 0 Å². The SMILES string of the molecule is O=C(CSc1cccc[n+]1[O-])N1CCN(Cc2ccccc2)CC1. The fraction of sp³-hybridized carbons (Fsp3) is 0.333. The van der Waals surface area contributed by atoms with Crippen LogP contribution < -0.4 is 4.73 Å². The molecule has 1 amide bonds. The Morgan fingerprint density at radius 1 is 1.04 bits per heavy atom. The van der Waals surface area contributed by atoms with Crippen molar-refractivity contribution in [3.63, 3.8) is 0 Å². The lowest BCUT2D eigenvalue weighted by Crippen LogP contribution is -2.48. The zero-order chi connectivity index (χ0) is 16.8. The van der Waals surface area contributed by atoms with Crippen molar-refractivity contribution in [1.82, 2.24) is 9.80 Å². The average molecular weight is 343 g/mol. The Hall–Kier alpha value is -2.05. The molecule has 0 spiro atoms. The summed E-state index contributed by atoms with van der Waals surface area (Å²) in [6.07, 6.45) is 1.45. The number of benzene rings is 1. The standard InChI is InChI=1S/C18H21N3O2S/c22-17(15-24-18-8-4-5-9-21(18)23)20-12-10-19(11-13-20)14-16-6-2-1-3-7-16/h1-9H,10-15H2. The lowest BCUT2D eigenvalue weighted by molar-refractivity contribution is -0.645. The van der Waals surface area contributed by atoms with Gasteiger partial charge in [-0.15, -0.1) is 0 Å². The van der Waals surface area contributed by atoms with E-state index in [1.807, 2.05) is 17.0 Å². The van der Waals surface area contributed by atoms with Gasteiger partial charge >= 0.3 is 0 Å². The molecular weight excluding hydrogens is 322 g/mol. The molecule has 24 heavy (non-hydrogen) atoms. The lowest BCUT2D eigenvalue weighted by Gasteiger charge is -2.34. The van der Waals surface area contributed by atoms with Crippen molar-refractivity contribution in [2.24, 2.45) is 0 Å². The molecule has 1 aliphatic rings. The van der Waals surface area contributed by atoms with Gasteiger partial charge in [-0.3, -0.25) is 9.69 Å². The molecule has 1 aromatic heterocycles. The molecule has 2 aromatic rings. The summed E-state index contributed by atoms with van der Waals surface area (Å²) >= 11 is 1.30. The van der Waals surface area contributed by atoms with Crippen LogP contribution in [0.25, 0.3) is 0 Å². The van der Waals surface area contributed by atoms with Crippen molar-refractivity contribution in [2.45, 2.75) is 11.6 Å². The first-order valence-electron chi connectivity index (χ1n) is 8.07. The first kappa shape index (κ1) is 16.8. The normalized spacial score (nSPS) is 15.4. The molecule has 2 heterocycles. The zero-order valence-electron chi connectivity index (χ0n) is 13.5. The Morgan fingerprint density at radius 3 is 2.46 bits per heavy atom. The monoisotopic (exact) mass is 343 g/mol. The number of hydrogen-bond acceptors (Lipinski definition) is 4. The predicted octanol–water partition coefficient (Wildman–Crippen LogP) is 1.76. The Morgan fingerprint density at radius 2 is 1.75 bits per heavy atom. The summed E-state index contributed by atoms with van der Waals surface area (Å²) in [5, 5.41) is 12.2. The van der Waals surface area contributed by atoms with E-state index in [0.717, 1.165) is 37.5 Å². The number of nitrogens with zero attached hydrogens (tertiary/aromatic N) is 3. The van der Waals surface area contributed by atoms with Crippen molar-refractivity contribution < 1.29 is 9.52 Å². The summed E-state index contributed by atoms with van der Waals surface area (Å²) in [6.45, 7) is 4.20. The van der Waals surface area contributed by atoms with Gasteiger partial charge in [-0.05, 0) is 23.4 Å². The summed E-state index contributed by atoms with van der Waals surface area (Å²) < 4.78 is 0.801. The van der Waals surface area contributed by atoms with Crippen LogP contribution in [0, 0.1) is 5.21 Å². The van der Waals surface area contributed by atoms with Crippen molar-refractivity contribution in [3.05, 3.63) is 65.5 Å². The summed E-state index contributed by atoms with van der Waals surface area (Å²) in [5.74, 6) is 0.411. The van der Waals surface area contributed by atoms with Crippen molar-refractivity contribution in [3.8, 4) is 0 Å². The maximum Gasteiger partial charge on any atom is 0.251 e. The number of amides is 1. The number of carbonyl (C=O) groups excluding carboxylic acids is 1. The van der Waals surface area contributed by atoms with Crippen LogP contribution >= 0.6 is 11.8 Å². The zero-order valence-corrected chi connectivity index (χ0v) is 14.3. The van der Waals surface area contributed by atoms with E-state index in [1.165, 1.54) is 23.5 Å². The molecule has 0 radical (unpaired) electrons. The molecule has 1 aromatic carbocycles. The molecule has 1 aliphatic heterocycles. The molecule has 0 aliphatic carbocycles. The number of thioether (sulfide) groups is 1. The highest BCUT2D eigenvalue weighted by molar-refractivity contribution is 7.99. The number of rotatable bonds is 5. The fourth-order valence-electron chi connectivity index (χ4n) is 2.75. The number of hydrogen-bond donors (Lipinski definition) is 0. The quantitative estimate of drug-likeness (QED) is 0.472. The molecule has 0 bridgehead atoms. The Balaban J connectivity index is 1.44. The maximum atomic E-state index is 12.3. The molecule has 0 saturated carbocycles. The van der Waals surface area contributed by atoms with Crippen molar-refractivity contribution in [2.75, 3.05) is 31.9 Å². The summed E-state index contributed by atoms with van der Waals surface area (Å²) in [6, 6.07) is 15.6. The van der Waals surface area contributed by atoms with Gasteiger partial charge in [-0.25, -0.2) is 0 Å². The van der Waals surface area contributed by atoms with Crippen LogP contribution in [-0.2, 0) is 11.3 Å². The van der Waals surface area contributed by atoms with E-state index in [0.29, 0.717) is 10.8 Å². The maximum absolute atomic E-state index is 12.3. The minimum Gasteiger partial charge on any atom is -0.618 e. The Kier molecular flexibility index (Phi) is 5.72. The highest BCUT2D eigenvalue weighted by Crippen LogP contribution is 2.15. The first-order valence-corrected chi connectivity index (χ1v) is 9.06. The van der Waals surface area contributed by atoms with Crippen LogP contribution in [0.3, 0.4) is 0 Å². The highest BCUT2D eigenvalue weighted by Gasteiger charge is 2.21.